The summed E-state index contributed by atoms with van der Waals surface area (Å²) >= 11 is 5.90. The molecule has 1 aliphatic carbocycles. The molecule has 3 N–H and O–H groups in total. The van der Waals surface area contributed by atoms with Crippen LogP contribution in [-0.4, -0.2) is 25.8 Å². The molecular weight excluding hydrogens is 428 g/mol. The number of rotatable bonds is 4. The first-order valence-electron chi connectivity index (χ1n) is 10.2. The molecule has 8 nitrogen and oxygen atoms in total. The molecule has 2 amide bonds. The number of benzene rings is 2. The van der Waals surface area contributed by atoms with Crippen molar-refractivity contribution in [2.45, 2.75) is 19.3 Å². The lowest BCUT2D eigenvalue weighted by Crippen LogP contribution is -2.23. The maximum atomic E-state index is 12.7. The average Bonchev–Trinajstić information content (AvgIpc) is 3.43. The molecule has 0 bridgehead atoms. The number of fused-ring (bicyclic) bond motifs is 1. The van der Waals surface area contributed by atoms with E-state index in [1.54, 1.807) is 30.3 Å². The molecule has 4 aromatic rings. The fraction of sp³-hybridized carbons (Fsp3) is 0.130. The van der Waals surface area contributed by atoms with Crippen LogP contribution < -0.4 is 16.2 Å². The van der Waals surface area contributed by atoms with Crippen molar-refractivity contribution in [2.75, 3.05) is 10.6 Å². The Labute approximate surface area is 188 Å². The van der Waals surface area contributed by atoms with Crippen LogP contribution in [0.5, 0.6) is 0 Å². The van der Waals surface area contributed by atoms with Crippen LogP contribution in [0.2, 0.25) is 5.02 Å². The molecule has 2 aromatic carbocycles. The van der Waals surface area contributed by atoms with Gasteiger partial charge in [0.25, 0.3) is 5.56 Å². The molecule has 2 heterocycles. The Hall–Kier alpha value is -3.91. The number of carbonyl (C=O) groups is 1. The summed E-state index contributed by atoms with van der Waals surface area (Å²) in [7, 11) is 0. The molecule has 0 radical (unpaired) electrons. The maximum Gasteiger partial charge on any atom is 0.324 e. The number of hydrogen-bond donors (Lipinski definition) is 3. The summed E-state index contributed by atoms with van der Waals surface area (Å²) in [6, 6.07) is 17.6. The summed E-state index contributed by atoms with van der Waals surface area (Å²) in [5.41, 5.74) is 3.42. The van der Waals surface area contributed by atoms with Gasteiger partial charge >= 0.3 is 6.03 Å². The lowest BCUT2D eigenvalue weighted by molar-refractivity contribution is 0.262. The highest BCUT2D eigenvalue weighted by Crippen LogP contribution is 2.25. The second-order valence-corrected chi connectivity index (χ2v) is 7.88. The van der Waals surface area contributed by atoms with E-state index in [1.807, 2.05) is 30.3 Å². The molecule has 9 heteroatoms. The van der Waals surface area contributed by atoms with Gasteiger partial charge in [-0.25, -0.2) is 9.78 Å². The predicted molar refractivity (Wildman–Crippen MR) is 124 cm³/mol. The van der Waals surface area contributed by atoms with Crippen LogP contribution in [0.3, 0.4) is 0 Å². The minimum atomic E-state index is -0.461. The molecule has 0 spiro atoms. The molecule has 5 rings (SSSR count). The number of aryl methyl sites for hydroxylation is 1. The number of nitrogens with one attached hydrogen (secondary N) is 3. The molecule has 0 fully saturated rings. The summed E-state index contributed by atoms with van der Waals surface area (Å²) in [5.74, 6) is 0.635. The highest BCUT2D eigenvalue weighted by Gasteiger charge is 2.21. The number of nitrogens with zero attached hydrogens (tertiary/aromatic N) is 3. The first-order valence-corrected chi connectivity index (χ1v) is 10.6. The van der Waals surface area contributed by atoms with E-state index in [0.717, 1.165) is 36.1 Å². The van der Waals surface area contributed by atoms with Crippen LogP contribution in [0.15, 0.2) is 65.5 Å². The Morgan fingerprint density at radius 1 is 1.03 bits per heavy atom. The number of aromatic amines is 1. The van der Waals surface area contributed by atoms with Crippen LogP contribution in [-0.2, 0) is 12.8 Å². The monoisotopic (exact) mass is 446 g/mol. The number of amides is 2. The van der Waals surface area contributed by atoms with E-state index < -0.39 is 6.03 Å². The second kappa shape index (κ2) is 8.32. The topological polar surface area (TPSA) is 105 Å². The Balaban J connectivity index is 1.51. The first kappa shape index (κ1) is 20.0. The number of hydrogen-bond acceptors (Lipinski definition) is 4. The Morgan fingerprint density at radius 2 is 1.81 bits per heavy atom. The Bertz CT molecular complexity index is 1350. The fourth-order valence-corrected chi connectivity index (χ4v) is 3.85. The SMILES string of the molecule is O=C(Nc1ccc(Cl)cc1)Nc1cc(-c2ccccc2)nn1-c1nc2c(c(=O)[nH]1)CCC2. The van der Waals surface area contributed by atoms with Crippen molar-refractivity contribution < 1.29 is 4.79 Å². The van der Waals surface area contributed by atoms with E-state index in [-0.39, 0.29) is 11.5 Å². The fourth-order valence-electron chi connectivity index (χ4n) is 3.72. The van der Waals surface area contributed by atoms with Crippen LogP contribution >= 0.6 is 11.6 Å². The van der Waals surface area contributed by atoms with Crippen molar-refractivity contribution in [1.29, 1.82) is 0 Å². The van der Waals surface area contributed by atoms with E-state index in [1.165, 1.54) is 4.68 Å². The van der Waals surface area contributed by atoms with Crippen LogP contribution in [0.4, 0.5) is 16.3 Å². The number of carbonyl (C=O) groups excluding carboxylic acids is 1. The van der Waals surface area contributed by atoms with Gasteiger partial charge in [0.05, 0.1) is 11.4 Å². The number of urea groups is 1. The van der Waals surface area contributed by atoms with Gasteiger partial charge in [-0.05, 0) is 43.5 Å². The molecule has 160 valence electrons. The van der Waals surface area contributed by atoms with E-state index in [2.05, 4.69) is 25.7 Å². The van der Waals surface area contributed by atoms with E-state index >= 15 is 0 Å². The molecule has 0 unspecified atom stereocenters. The zero-order valence-corrected chi connectivity index (χ0v) is 17.7. The van der Waals surface area contributed by atoms with Gasteiger partial charge in [-0.1, -0.05) is 41.9 Å². The van der Waals surface area contributed by atoms with Crippen molar-refractivity contribution in [3.8, 4) is 17.2 Å². The predicted octanol–water partition coefficient (Wildman–Crippen LogP) is 4.41. The quantitative estimate of drug-likeness (QED) is 0.432. The molecule has 0 saturated heterocycles. The number of anilines is 2. The van der Waals surface area contributed by atoms with Gasteiger partial charge in [0, 0.05) is 27.9 Å². The lowest BCUT2D eigenvalue weighted by atomic mass is 10.2. The highest BCUT2D eigenvalue weighted by atomic mass is 35.5. The normalized spacial score (nSPS) is 12.4. The maximum absolute atomic E-state index is 12.7. The Morgan fingerprint density at radius 3 is 2.59 bits per heavy atom. The van der Waals surface area contributed by atoms with Crippen LogP contribution in [0, 0.1) is 0 Å². The number of aromatic nitrogens is 4. The Kier molecular flexibility index (Phi) is 5.20. The molecule has 2 aromatic heterocycles. The van der Waals surface area contributed by atoms with E-state index in [4.69, 9.17) is 11.6 Å². The van der Waals surface area contributed by atoms with Crippen molar-refractivity contribution in [1.82, 2.24) is 19.7 Å². The summed E-state index contributed by atoms with van der Waals surface area (Å²) in [5, 5.41) is 10.8. The van der Waals surface area contributed by atoms with Gasteiger partial charge in [-0.3, -0.25) is 15.1 Å². The van der Waals surface area contributed by atoms with Gasteiger partial charge in [-0.2, -0.15) is 9.78 Å². The molecule has 0 aliphatic heterocycles. The molecule has 32 heavy (non-hydrogen) atoms. The van der Waals surface area contributed by atoms with Crippen molar-refractivity contribution >= 4 is 29.1 Å². The van der Waals surface area contributed by atoms with E-state index in [9.17, 15) is 9.59 Å². The second-order valence-electron chi connectivity index (χ2n) is 7.45. The molecular formula is C23H19ClN6O2. The van der Waals surface area contributed by atoms with Crippen LogP contribution in [0.1, 0.15) is 17.7 Å². The van der Waals surface area contributed by atoms with Crippen molar-refractivity contribution in [2.24, 2.45) is 0 Å². The van der Waals surface area contributed by atoms with Crippen LogP contribution in [0.25, 0.3) is 17.2 Å². The zero-order chi connectivity index (χ0) is 22.1. The molecule has 1 aliphatic rings. The summed E-state index contributed by atoms with van der Waals surface area (Å²) in [6.07, 6.45) is 2.37. The number of halogens is 1. The third-order valence-electron chi connectivity index (χ3n) is 5.25. The van der Waals surface area contributed by atoms with Gasteiger partial charge in [0.1, 0.15) is 5.82 Å². The van der Waals surface area contributed by atoms with E-state index in [0.29, 0.717) is 22.2 Å². The number of H-pyrrole nitrogens is 1. The molecule has 0 atom stereocenters. The minimum Gasteiger partial charge on any atom is -0.308 e. The first-order chi connectivity index (χ1) is 15.6. The van der Waals surface area contributed by atoms with Crippen molar-refractivity contribution in [3.63, 3.8) is 0 Å². The lowest BCUT2D eigenvalue weighted by Gasteiger charge is -2.10. The summed E-state index contributed by atoms with van der Waals surface area (Å²) in [4.78, 5) is 32.6. The third kappa shape index (κ3) is 4.00. The smallest absolute Gasteiger partial charge is 0.308 e. The summed E-state index contributed by atoms with van der Waals surface area (Å²) in [6.45, 7) is 0. The molecule has 0 saturated carbocycles. The average molecular weight is 447 g/mol. The zero-order valence-electron chi connectivity index (χ0n) is 16.9. The van der Waals surface area contributed by atoms with Gasteiger partial charge in [0.15, 0.2) is 0 Å². The highest BCUT2D eigenvalue weighted by molar-refractivity contribution is 6.30. The largest absolute Gasteiger partial charge is 0.324 e. The van der Waals surface area contributed by atoms with Gasteiger partial charge in [0.2, 0.25) is 5.95 Å². The minimum absolute atomic E-state index is 0.171. The van der Waals surface area contributed by atoms with Gasteiger partial charge < -0.3 is 5.32 Å². The van der Waals surface area contributed by atoms with Gasteiger partial charge in [-0.15, -0.1) is 0 Å². The third-order valence-corrected chi connectivity index (χ3v) is 5.50. The standard InChI is InChI=1S/C23H19ClN6O2/c24-15-9-11-16(12-10-15)25-23(32)27-20-13-19(14-5-2-1-3-6-14)29-30(20)22-26-18-8-4-7-17(18)21(31)28-22/h1-3,5-6,9-13H,4,7-8H2,(H2,25,27,32)(H,26,28,31). The summed E-state index contributed by atoms with van der Waals surface area (Å²) < 4.78 is 1.45. The van der Waals surface area contributed by atoms with Crippen molar-refractivity contribution in [3.05, 3.63) is 87.3 Å².